The molecule has 2 aromatic rings. The van der Waals surface area contributed by atoms with Crippen molar-refractivity contribution in [3.63, 3.8) is 0 Å². The van der Waals surface area contributed by atoms with Gasteiger partial charge in [-0.1, -0.05) is 12.8 Å². The summed E-state index contributed by atoms with van der Waals surface area (Å²) in [6.07, 6.45) is 7.75. The highest BCUT2D eigenvalue weighted by molar-refractivity contribution is 9.10. The van der Waals surface area contributed by atoms with E-state index >= 15 is 0 Å². The molecule has 1 aliphatic rings. The number of carbonyl (C=O) groups excluding carboxylic acids is 1. The fraction of sp³-hybridized carbons (Fsp3) is 0.375. The fourth-order valence-electron chi connectivity index (χ4n) is 2.83. The van der Waals surface area contributed by atoms with Gasteiger partial charge in [-0.2, -0.15) is 0 Å². The average Bonchev–Trinajstić information content (AvgIpc) is 3.18. The van der Waals surface area contributed by atoms with Crippen LogP contribution in [0.15, 0.2) is 45.6 Å². The van der Waals surface area contributed by atoms with Gasteiger partial charge in [0.2, 0.25) is 0 Å². The average molecular weight is 349 g/mol. The lowest BCUT2D eigenvalue weighted by Gasteiger charge is -2.28. The highest BCUT2D eigenvalue weighted by atomic mass is 79.9. The molecule has 0 saturated heterocycles. The Kier molecular flexibility index (Phi) is 4.39. The summed E-state index contributed by atoms with van der Waals surface area (Å²) >= 11 is 3.42. The molecule has 0 bridgehead atoms. The number of nitrogens with zero attached hydrogens (tertiary/aromatic N) is 2. The van der Waals surface area contributed by atoms with E-state index in [9.17, 15) is 4.79 Å². The van der Waals surface area contributed by atoms with Crippen LogP contribution in [0.2, 0.25) is 0 Å². The monoisotopic (exact) mass is 348 g/mol. The summed E-state index contributed by atoms with van der Waals surface area (Å²) in [6, 6.07) is 7.69. The van der Waals surface area contributed by atoms with Crippen LogP contribution in [-0.2, 0) is 6.54 Å². The maximum atomic E-state index is 12.9. The first-order chi connectivity index (χ1) is 10.3. The molecule has 0 aromatic carbocycles. The van der Waals surface area contributed by atoms with Gasteiger partial charge in [0, 0.05) is 16.7 Å². The van der Waals surface area contributed by atoms with E-state index in [2.05, 4.69) is 20.9 Å². The van der Waals surface area contributed by atoms with Crippen molar-refractivity contribution in [1.82, 2.24) is 9.88 Å². The molecule has 2 aromatic heterocycles. The second kappa shape index (κ2) is 6.43. The third-order valence-corrected chi connectivity index (χ3v) is 4.53. The molecule has 1 amide bonds. The highest BCUT2D eigenvalue weighted by Crippen LogP contribution is 2.27. The first kappa shape index (κ1) is 14.3. The quantitative estimate of drug-likeness (QED) is 0.838. The molecule has 3 rings (SSSR count). The van der Waals surface area contributed by atoms with Crippen LogP contribution in [0.3, 0.4) is 0 Å². The molecule has 110 valence electrons. The van der Waals surface area contributed by atoms with Gasteiger partial charge >= 0.3 is 0 Å². The van der Waals surface area contributed by atoms with Gasteiger partial charge in [0.1, 0.15) is 11.5 Å². The standard InChI is InChI=1S/C16H17BrN2O2/c17-14-8-3-9-18-15(14)16(20)19(12-5-1-2-6-12)11-13-7-4-10-21-13/h3-4,7-10,12H,1-2,5-6,11H2. The minimum atomic E-state index is -0.0363. The molecule has 21 heavy (non-hydrogen) atoms. The van der Waals surface area contributed by atoms with Crippen molar-refractivity contribution in [2.24, 2.45) is 0 Å². The van der Waals surface area contributed by atoms with Gasteiger partial charge in [-0.15, -0.1) is 0 Å². The molecule has 4 nitrogen and oxygen atoms in total. The first-order valence-electron chi connectivity index (χ1n) is 7.19. The van der Waals surface area contributed by atoms with Crippen molar-refractivity contribution in [2.75, 3.05) is 0 Å². The molecule has 0 spiro atoms. The van der Waals surface area contributed by atoms with E-state index in [0.717, 1.165) is 23.1 Å². The molecule has 1 saturated carbocycles. The van der Waals surface area contributed by atoms with Gasteiger partial charge in [0.15, 0.2) is 0 Å². The lowest BCUT2D eigenvalue weighted by molar-refractivity contribution is 0.0642. The number of hydrogen-bond donors (Lipinski definition) is 0. The van der Waals surface area contributed by atoms with E-state index in [4.69, 9.17) is 4.42 Å². The Labute approximate surface area is 132 Å². The predicted octanol–water partition coefficient (Wildman–Crippen LogP) is 4.02. The van der Waals surface area contributed by atoms with E-state index in [0.29, 0.717) is 12.2 Å². The van der Waals surface area contributed by atoms with Crippen molar-refractivity contribution >= 4 is 21.8 Å². The van der Waals surface area contributed by atoms with Gasteiger partial charge in [0.25, 0.3) is 5.91 Å². The van der Waals surface area contributed by atoms with E-state index in [-0.39, 0.29) is 11.9 Å². The van der Waals surface area contributed by atoms with Gasteiger partial charge in [-0.05, 0) is 53.0 Å². The molecule has 1 aliphatic carbocycles. The van der Waals surface area contributed by atoms with E-state index in [1.807, 2.05) is 29.2 Å². The lowest BCUT2D eigenvalue weighted by atomic mass is 10.1. The zero-order chi connectivity index (χ0) is 14.7. The summed E-state index contributed by atoms with van der Waals surface area (Å²) in [6.45, 7) is 0.500. The maximum Gasteiger partial charge on any atom is 0.274 e. The van der Waals surface area contributed by atoms with Crippen LogP contribution in [0.25, 0.3) is 0 Å². The molecular formula is C16H17BrN2O2. The van der Waals surface area contributed by atoms with Gasteiger partial charge in [-0.3, -0.25) is 4.79 Å². The summed E-state index contributed by atoms with van der Waals surface area (Å²) in [7, 11) is 0. The van der Waals surface area contributed by atoms with E-state index in [1.54, 1.807) is 12.5 Å². The second-order valence-electron chi connectivity index (χ2n) is 5.28. The summed E-state index contributed by atoms with van der Waals surface area (Å²) in [5.41, 5.74) is 0.468. The van der Waals surface area contributed by atoms with Crippen molar-refractivity contribution in [3.05, 3.63) is 52.7 Å². The largest absolute Gasteiger partial charge is 0.467 e. The Morgan fingerprint density at radius 2 is 2.14 bits per heavy atom. The lowest BCUT2D eigenvalue weighted by Crippen LogP contribution is -2.38. The SMILES string of the molecule is O=C(c1ncccc1Br)N(Cc1ccco1)C1CCCC1. The van der Waals surface area contributed by atoms with E-state index < -0.39 is 0 Å². The minimum Gasteiger partial charge on any atom is -0.467 e. The Balaban J connectivity index is 1.87. The minimum absolute atomic E-state index is 0.0363. The fourth-order valence-corrected chi connectivity index (χ4v) is 3.26. The van der Waals surface area contributed by atoms with Crippen LogP contribution in [0.4, 0.5) is 0 Å². The predicted molar refractivity (Wildman–Crippen MR) is 82.8 cm³/mol. The topological polar surface area (TPSA) is 46.3 Å². The van der Waals surface area contributed by atoms with Crippen molar-refractivity contribution in [2.45, 2.75) is 38.3 Å². The normalized spacial score (nSPS) is 15.3. The second-order valence-corrected chi connectivity index (χ2v) is 6.14. The van der Waals surface area contributed by atoms with Crippen molar-refractivity contribution in [1.29, 1.82) is 0 Å². The molecule has 1 fully saturated rings. The zero-order valence-corrected chi connectivity index (χ0v) is 13.3. The number of pyridine rings is 1. The Bertz CT molecular complexity index is 606. The molecule has 5 heteroatoms. The van der Waals surface area contributed by atoms with Crippen LogP contribution < -0.4 is 0 Å². The smallest absolute Gasteiger partial charge is 0.274 e. The van der Waals surface area contributed by atoms with Crippen LogP contribution >= 0.6 is 15.9 Å². The Morgan fingerprint density at radius 3 is 2.81 bits per heavy atom. The Hall–Kier alpha value is -1.62. The number of furan rings is 1. The van der Waals surface area contributed by atoms with Gasteiger partial charge in [-0.25, -0.2) is 4.98 Å². The summed E-state index contributed by atoms with van der Waals surface area (Å²) in [4.78, 5) is 19.0. The van der Waals surface area contributed by atoms with Crippen LogP contribution in [0.1, 0.15) is 41.9 Å². The molecule has 0 N–H and O–H groups in total. The maximum absolute atomic E-state index is 12.9. The molecule has 0 aliphatic heterocycles. The zero-order valence-electron chi connectivity index (χ0n) is 11.7. The third-order valence-electron chi connectivity index (χ3n) is 3.89. The summed E-state index contributed by atoms with van der Waals surface area (Å²) in [5, 5.41) is 0. The molecule has 0 radical (unpaired) electrons. The number of amides is 1. The van der Waals surface area contributed by atoms with Crippen LogP contribution in [-0.4, -0.2) is 21.8 Å². The number of hydrogen-bond acceptors (Lipinski definition) is 3. The van der Waals surface area contributed by atoms with Crippen molar-refractivity contribution in [3.8, 4) is 0 Å². The van der Waals surface area contributed by atoms with Crippen LogP contribution in [0.5, 0.6) is 0 Å². The number of aromatic nitrogens is 1. The molecule has 0 atom stereocenters. The number of rotatable bonds is 4. The summed E-state index contributed by atoms with van der Waals surface area (Å²) < 4.78 is 6.15. The molecular weight excluding hydrogens is 332 g/mol. The van der Waals surface area contributed by atoms with E-state index in [1.165, 1.54) is 12.8 Å². The number of carbonyl (C=O) groups is 1. The number of halogens is 1. The van der Waals surface area contributed by atoms with Crippen molar-refractivity contribution < 1.29 is 9.21 Å². The summed E-state index contributed by atoms with van der Waals surface area (Å²) in [5.74, 6) is 0.771. The molecule has 0 unspecified atom stereocenters. The first-order valence-corrected chi connectivity index (χ1v) is 7.99. The van der Waals surface area contributed by atoms with Gasteiger partial charge < -0.3 is 9.32 Å². The Morgan fingerprint density at radius 1 is 1.33 bits per heavy atom. The third kappa shape index (κ3) is 3.18. The van der Waals surface area contributed by atoms with Gasteiger partial charge in [0.05, 0.1) is 12.8 Å². The van der Waals surface area contributed by atoms with Crippen LogP contribution in [0, 0.1) is 0 Å². The molecule has 2 heterocycles. The highest BCUT2D eigenvalue weighted by Gasteiger charge is 2.29.